The van der Waals surface area contributed by atoms with Gasteiger partial charge in [0, 0.05) is 5.56 Å². The van der Waals surface area contributed by atoms with Crippen LogP contribution in [0.25, 0.3) is 10.6 Å². The summed E-state index contributed by atoms with van der Waals surface area (Å²) in [6.07, 6.45) is 2.81. The molecule has 0 bridgehead atoms. The number of rotatable bonds is 4. The average Bonchev–Trinajstić information content (AvgIpc) is 3.20. The maximum absolute atomic E-state index is 12.2. The third-order valence-electron chi connectivity index (χ3n) is 2.86. The van der Waals surface area contributed by atoms with Crippen molar-refractivity contribution in [3.05, 3.63) is 53.6 Å². The Kier molecular flexibility index (Phi) is 3.74. The zero-order chi connectivity index (χ0) is 14.7. The molecule has 1 N–H and O–H groups in total. The first-order valence-electron chi connectivity index (χ1n) is 6.32. The molecule has 0 aliphatic heterocycles. The van der Waals surface area contributed by atoms with Crippen molar-refractivity contribution in [2.75, 3.05) is 0 Å². The van der Waals surface area contributed by atoms with E-state index in [2.05, 4.69) is 25.0 Å². The van der Waals surface area contributed by atoms with Crippen LogP contribution in [-0.4, -0.2) is 21.0 Å². The summed E-state index contributed by atoms with van der Waals surface area (Å²) in [6, 6.07) is 9.42. The lowest BCUT2D eigenvalue weighted by atomic mass is 10.2. The monoisotopic (exact) mass is 300 g/mol. The van der Waals surface area contributed by atoms with Gasteiger partial charge in [-0.2, -0.15) is 4.98 Å². The van der Waals surface area contributed by atoms with Crippen molar-refractivity contribution in [2.45, 2.75) is 13.0 Å². The largest absolute Gasteiger partial charge is 0.343 e. The third-order valence-corrected chi connectivity index (χ3v) is 3.91. The first-order chi connectivity index (χ1) is 10.2. The summed E-state index contributed by atoms with van der Waals surface area (Å²) in [7, 11) is 0. The number of aromatic nitrogens is 3. The Balaban J connectivity index is 1.73. The topological polar surface area (TPSA) is 80.9 Å². The Morgan fingerprint density at radius 3 is 2.81 bits per heavy atom. The summed E-state index contributed by atoms with van der Waals surface area (Å²) in [5.74, 6) is 0.239. The van der Waals surface area contributed by atoms with Crippen LogP contribution in [0.2, 0.25) is 0 Å². The highest BCUT2D eigenvalue weighted by atomic mass is 32.1. The fourth-order valence-corrected chi connectivity index (χ4v) is 2.62. The minimum atomic E-state index is -0.321. The van der Waals surface area contributed by atoms with Gasteiger partial charge >= 0.3 is 0 Å². The van der Waals surface area contributed by atoms with Gasteiger partial charge in [-0.1, -0.05) is 35.5 Å². The summed E-state index contributed by atoms with van der Waals surface area (Å²) in [6.45, 7) is 1.79. The van der Waals surface area contributed by atoms with Crippen molar-refractivity contribution in [1.29, 1.82) is 0 Å². The Morgan fingerprint density at radius 2 is 2.10 bits per heavy atom. The molecule has 0 saturated heterocycles. The van der Waals surface area contributed by atoms with Crippen LogP contribution in [0.1, 0.15) is 28.5 Å². The molecule has 106 valence electrons. The molecule has 0 fully saturated rings. The maximum atomic E-state index is 12.2. The highest BCUT2D eigenvalue weighted by molar-refractivity contribution is 7.16. The number of thiazole rings is 1. The van der Waals surface area contributed by atoms with Gasteiger partial charge in [-0.3, -0.25) is 4.79 Å². The van der Waals surface area contributed by atoms with Crippen molar-refractivity contribution in [2.24, 2.45) is 0 Å². The van der Waals surface area contributed by atoms with Gasteiger partial charge in [0.2, 0.25) is 6.39 Å². The summed E-state index contributed by atoms with van der Waals surface area (Å²) in [4.78, 5) is 20.9. The van der Waals surface area contributed by atoms with Gasteiger partial charge in [-0.05, 0) is 6.92 Å². The van der Waals surface area contributed by atoms with E-state index in [1.165, 1.54) is 17.7 Å². The van der Waals surface area contributed by atoms with Crippen LogP contribution in [-0.2, 0) is 0 Å². The fourth-order valence-electron chi connectivity index (χ4n) is 1.80. The molecule has 0 saturated carbocycles. The highest BCUT2D eigenvalue weighted by Gasteiger charge is 2.17. The van der Waals surface area contributed by atoms with Crippen LogP contribution in [0, 0.1) is 0 Å². The summed E-state index contributed by atoms with van der Waals surface area (Å²) in [5.41, 5.74) is 0.993. The smallest absolute Gasteiger partial charge is 0.263 e. The molecule has 0 spiro atoms. The van der Waals surface area contributed by atoms with Crippen molar-refractivity contribution in [1.82, 2.24) is 20.4 Å². The molecule has 1 atom stereocenters. The second-order valence-corrected chi connectivity index (χ2v) is 5.41. The summed E-state index contributed by atoms with van der Waals surface area (Å²) in [5, 5.41) is 7.33. The van der Waals surface area contributed by atoms with E-state index in [1.807, 2.05) is 30.3 Å². The minimum absolute atomic E-state index is 0.202. The standard InChI is InChI=1S/C14H12N4O2S/c1-9(12-16-8-20-18-12)17-13(19)11-7-15-14(21-11)10-5-3-2-4-6-10/h2-9H,1H3,(H,17,19)/t9-/m1/s1. The predicted octanol–water partition coefficient (Wildman–Crippen LogP) is 2.68. The van der Waals surface area contributed by atoms with Crippen LogP contribution in [0.5, 0.6) is 0 Å². The zero-order valence-electron chi connectivity index (χ0n) is 11.2. The number of hydrogen-bond donors (Lipinski definition) is 1. The number of benzene rings is 1. The quantitative estimate of drug-likeness (QED) is 0.801. The molecule has 0 aliphatic rings. The van der Waals surface area contributed by atoms with E-state index < -0.39 is 0 Å². The Morgan fingerprint density at radius 1 is 1.29 bits per heavy atom. The van der Waals surface area contributed by atoms with Crippen molar-refractivity contribution >= 4 is 17.2 Å². The fraction of sp³-hybridized carbons (Fsp3) is 0.143. The lowest BCUT2D eigenvalue weighted by Gasteiger charge is -2.07. The van der Waals surface area contributed by atoms with E-state index >= 15 is 0 Å². The van der Waals surface area contributed by atoms with Crippen molar-refractivity contribution in [3.8, 4) is 10.6 Å². The van der Waals surface area contributed by atoms with Gasteiger partial charge in [0.1, 0.15) is 9.88 Å². The lowest BCUT2D eigenvalue weighted by Crippen LogP contribution is -2.26. The van der Waals surface area contributed by atoms with Crippen LogP contribution in [0.15, 0.2) is 47.4 Å². The number of amides is 1. The Labute approximate surface area is 124 Å². The van der Waals surface area contributed by atoms with E-state index in [1.54, 1.807) is 13.1 Å². The molecule has 21 heavy (non-hydrogen) atoms. The average molecular weight is 300 g/mol. The SMILES string of the molecule is C[C@@H](NC(=O)c1cnc(-c2ccccc2)s1)c1ncon1. The van der Waals surface area contributed by atoms with E-state index in [9.17, 15) is 4.79 Å². The molecule has 3 aromatic rings. The van der Waals surface area contributed by atoms with Gasteiger partial charge in [-0.25, -0.2) is 4.98 Å². The first-order valence-corrected chi connectivity index (χ1v) is 7.14. The number of carbonyl (C=O) groups excluding carboxylic acids is 1. The molecule has 0 aliphatic carbocycles. The van der Waals surface area contributed by atoms with Gasteiger partial charge in [0.25, 0.3) is 5.91 Å². The van der Waals surface area contributed by atoms with Crippen LogP contribution >= 0.6 is 11.3 Å². The molecule has 0 unspecified atom stereocenters. The van der Waals surface area contributed by atoms with Gasteiger partial charge in [0.15, 0.2) is 5.82 Å². The molecule has 3 rings (SSSR count). The van der Waals surface area contributed by atoms with Crippen molar-refractivity contribution < 1.29 is 9.32 Å². The van der Waals surface area contributed by atoms with Crippen molar-refractivity contribution in [3.63, 3.8) is 0 Å². The predicted molar refractivity (Wildman–Crippen MR) is 77.7 cm³/mol. The Hall–Kier alpha value is -2.54. The summed E-state index contributed by atoms with van der Waals surface area (Å²) >= 11 is 1.35. The normalized spacial score (nSPS) is 12.0. The van der Waals surface area contributed by atoms with E-state index in [4.69, 9.17) is 0 Å². The zero-order valence-corrected chi connectivity index (χ0v) is 12.0. The molecular formula is C14H12N4O2S. The number of nitrogens with one attached hydrogen (secondary N) is 1. The molecular weight excluding hydrogens is 288 g/mol. The second-order valence-electron chi connectivity index (χ2n) is 4.38. The van der Waals surface area contributed by atoms with Gasteiger partial charge in [-0.15, -0.1) is 11.3 Å². The molecule has 2 heterocycles. The minimum Gasteiger partial charge on any atom is -0.343 e. The molecule has 7 heteroatoms. The van der Waals surface area contributed by atoms with Gasteiger partial charge < -0.3 is 9.84 Å². The number of hydrogen-bond acceptors (Lipinski definition) is 6. The van der Waals surface area contributed by atoms with Crippen LogP contribution in [0.4, 0.5) is 0 Å². The van der Waals surface area contributed by atoms with E-state index in [-0.39, 0.29) is 11.9 Å². The van der Waals surface area contributed by atoms with E-state index in [0.29, 0.717) is 10.7 Å². The first kappa shape index (κ1) is 13.4. The molecule has 0 radical (unpaired) electrons. The molecule has 6 nitrogen and oxygen atoms in total. The number of carbonyl (C=O) groups is 1. The van der Waals surface area contributed by atoms with E-state index in [0.717, 1.165) is 10.6 Å². The van der Waals surface area contributed by atoms with Crippen LogP contribution in [0.3, 0.4) is 0 Å². The van der Waals surface area contributed by atoms with Crippen LogP contribution < -0.4 is 5.32 Å². The molecule has 2 aromatic heterocycles. The highest BCUT2D eigenvalue weighted by Crippen LogP contribution is 2.25. The Bertz CT molecular complexity index is 725. The summed E-state index contributed by atoms with van der Waals surface area (Å²) < 4.78 is 4.66. The third kappa shape index (κ3) is 2.97. The molecule has 1 amide bonds. The molecule has 1 aromatic carbocycles. The maximum Gasteiger partial charge on any atom is 0.263 e. The second kappa shape index (κ2) is 5.84. The lowest BCUT2D eigenvalue weighted by molar-refractivity contribution is 0.0942. The van der Waals surface area contributed by atoms with Gasteiger partial charge in [0.05, 0.1) is 12.2 Å². The number of nitrogens with zero attached hydrogens (tertiary/aromatic N) is 3.